The van der Waals surface area contributed by atoms with E-state index >= 15 is 0 Å². The molecule has 0 saturated carbocycles. The van der Waals surface area contributed by atoms with Gasteiger partial charge in [-0.3, -0.25) is 0 Å². The third-order valence-corrected chi connectivity index (χ3v) is 2.95. The Balaban J connectivity index is 2.44. The van der Waals surface area contributed by atoms with Crippen molar-refractivity contribution < 1.29 is 13.2 Å². The van der Waals surface area contributed by atoms with Crippen molar-refractivity contribution in [2.75, 3.05) is 23.3 Å². The Kier molecular flexibility index (Phi) is 4.24. The molecule has 2 aromatic rings. The average Bonchev–Trinajstić information content (AvgIpc) is 2.36. The van der Waals surface area contributed by atoms with E-state index in [-0.39, 0.29) is 6.54 Å². The van der Waals surface area contributed by atoms with Crippen molar-refractivity contribution in [1.29, 1.82) is 0 Å². The fourth-order valence-corrected chi connectivity index (χ4v) is 2.28. The Labute approximate surface area is 116 Å². The molecule has 1 aromatic carbocycles. The van der Waals surface area contributed by atoms with Gasteiger partial charge in [0.1, 0.15) is 6.54 Å². The Hall–Kier alpha value is -1.37. The van der Waals surface area contributed by atoms with Crippen molar-refractivity contribution in [1.82, 2.24) is 10.2 Å². The van der Waals surface area contributed by atoms with Crippen LogP contribution in [0.15, 0.2) is 30.5 Å². The maximum atomic E-state index is 12.6. The molecule has 0 N–H and O–H groups in total. The number of rotatable bonds is 4. The summed E-state index contributed by atoms with van der Waals surface area (Å²) < 4.78 is 37.9. The summed E-state index contributed by atoms with van der Waals surface area (Å²) in [5.41, 5.74) is 1.03. The summed E-state index contributed by atoms with van der Waals surface area (Å²) in [6, 6.07) is 7.02. The van der Waals surface area contributed by atoms with Crippen LogP contribution in [0.25, 0.3) is 10.9 Å². The molecule has 0 amide bonds. The second-order valence-corrected chi connectivity index (χ2v) is 4.77. The van der Waals surface area contributed by atoms with E-state index in [0.29, 0.717) is 21.9 Å². The van der Waals surface area contributed by atoms with Gasteiger partial charge in [0.25, 0.3) is 0 Å². The van der Waals surface area contributed by atoms with Gasteiger partial charge >= 0.3 is 6.18 Å². The third-order valence-electron chi connectivity index (χ3n) is 2.59. The number of aromatic nitrogens is 2. The topological polar surface area (TPSA) is 29.0 Å². The van der Waals surface area contributed by atoms with Crippen LogP contribution in [-0.4, -0.2) is 34.8 Å². The predicted octanol–water partition coefficient (Wildman–Crippen LogP) is 3.39. The highest BCUT2D eigenvalue weighted by Crippen LogP contribution is 2.27. The van der Waals surface area contributed by atoms with Gasteiger partial charge in [-0.05, 0) is 6.07 Å². The summed E-state index contributed by atoms with van der Waals surface area (Å²) in [5, 5.41) is 8.80. The van der Waals surface area contributed by atoms with Crippen LogP contribution in [-0.2, 0) is 0 Å². The molecule has 0 fully saturated rings. The SMILES string of the molecule is FC(F)(F)CN(CCBr)c1cnnc2ccccc12. The highest BCUT2D eigenvalue weighted by molar-refractivity contribution is 9.09. The molecular weight excluding hydrogens is 323 g/mol. The molecule has 0 saturated heterocycles. The van der Waals surface area contributed by atoms with Gasteiger partial charge < -0.3 is 4.90 Å². The van der Waals surface area contributed by atoms with Crippen LogP contribution >= 0.6 is 15.9 Å². The monoisotopic (exact) mass is 333 g/mol. The number of anilines is 1. The highest BCUT2D eigenvalue weighted by Gasteiger charge is 2.31. The first kappa shape index (κ1) is 14.0. The minimum Gasteiger partial charge on any atom is -0.360 e. The number of nitrogens with zero attached hydrogens (tertiary/aromatic N) is 3. The number of fused-ring (bicyclic) bond motifs is 1. The second-order valence-electron chi connectivity index (χ2n) is 3.97. The summed E-state index contributed by atoms with van der Waals surface area (Å²) in [6.07, 6.45) is -2.89. The Morgan fingerprint density at radius 1 is 1.21 bits per heavy atom. The largest absolute Gasteiger partial charge is 0.405 e. The molecule has 0 aliphatic rings. The van der Waals surface area contributed by atoms with Crippen molar-refractivity contribution in [3.63, 3.8) is 0 Å². The number of hydrogen-bond acceptors (Lipinski definition) is 3. The molecular formula is C12H11BrF3N3. The quantitative estimate of drug-likeness (QED) is 0.803. The summed E-state index contributed by atoms with van der Waals surface area (Å²) in [7, 11) is 0. The number of hydrogen-bond donors (Lipinski definition) is 0. The standard InChI is InChI=1S/C12H11BrF3N3/c13-5-6-19(8-12(14,15)16)11-7-17-18-10-4-2-1-3-9(10)11/h1-4,7H,5-6,8H2. The summed E-state index contributed by atoms with van der Waals surface area (Å²) in [6.45, 7) is -0.760. The lowest BCUT2D eigenvalue weighted by atomic mass is 10.2. The molecule has 19 heavy (non-hydrogen) atoms. The summed E-state index contributed by atoms with van der Waals surface area (Å²) in [5.74, 6) is 0. The van der Waals surface area contributed by atoms with Gasteiger partial charge in [0.05, 0.1) is 17.4 Å². The van der Waals surface area contributed by atoms with E-state index in [4.69, 9.17) is 0 Å². The lowest BCUT2D eigenvalue weighted by molar-refractivity contribution is -0.119. The third kappa shape index (κ3) is 3.56. The van der Waals surface area contributed by atoms with E-state index in [9.17, 15) is 13.2 Å². The number of halogens is 4. The Morgan fingerprint density at radius 2 is 1.95 bits per heavy atom. The van der Waals surface area contributed by atoms with Gasteiger partial charge in [0.2, 0.25) is 0 Å². The second kappa shape index (κ2) is 5.73. The van der Waals surface area contributed by atoms with Gasteiger partial charge in [0.15, 0.2) is 0 Å². The fourth-order valence-electron chi connectivity index (χ4n) is 1.85. The lowest BCUT2D eigenvalue weighted by Crippen LogP contribution is -2.35. The van der Waals surface area contributed by atoms with Gasteiger partial charge in [-0.25, -0.2) is 0 Å². The van der Waals surface area contributed by atoms with Crippen LogP contribution in [0.5, 0.6) is 0 Å². The molecule has 7 heteroatoms. The number of benzene rings is 1. The molecule has 0 bridgehead atoms. The summed E-state index contributed by atoms with van der Waals surface area (Å²) >= 11 is 3.17. The number of alkyl halides is 4. The van der Waals surface area contributed by atoms with Gasteiger partial charge in [-0.15, -0.1) is 0 Å². The maximum absolute atomic E-state index is 12.6. The maximum Gasteiger partial charge on any atom is 0.405 e. The molecule has 0 aliphatic heterocycles. The van der Waals surface area contributed by atoms with Crippen LogP contribution in [0.2, 0.25) is 0 Å². The van der Waals surface area contributed by atoms with E-state index in [0.717, 1.165) is 0 Å². The molecule has 0 unspecified atom stereocenters. The van der Waals surface area contributed by atoms with E-state index in [1.807, 2.05) is 0 Å². The minimum atomic E-state index is -4.26. The van der Waals surface area contributed by atoms with Gasteiger partial charge in [0, 0.05) is 17.3 Å². The van der Waals surface area contributed by atoms with Crippen molar-refractivity contribution in [2.45, 2.75) is 6.18 Å². The van der Waals surface area contributed by atoms with E-state index in [2.05, 4.69) is 26.1 Å². The van der Waals surface area contributed by atoms with Crippen molar-refractivity contribution in [2.24, 2.45) is 0 Å². The zero-order valence-electron chi connectivity index (χ0n) is 9.86. The van der Waals surface area contributed by atoms with Gasteiger partial charge in [-0.1, -0.05) is 34.1 Å². The van der Waals surface area contributed by atoms with Crippen LogP contribution in [0.3, 0.4) is 0 Å². The molecule has 0 radical (unpaired) electrons. The smallest absolute Gasteiger partial charge is 0.360 e. The van der Waals surface area contributed by atoms with E-state index in [1.165, 1.54) is 11.1 Å². The molecule has 0 atom stereocenters. The Morgan fingerprint density at radius 3 is 2.63 bits per heavy atom. The molecule has 1 heterocycles. The lowest BCUT2D eigenvalue weighted by Gasteiger charge is -2.25. The minimum absolute atomic E-state index is 0.245. The first-order valence-electron chi connectivity index (χ1n) is 5.59. The first-order valence-corrected chi connectivity index (χ1v) is 6.71. The normalized spacial score (nSPS) is 11.8. The van der Waals surface area contributed by atoms with Crippen molar-refractivity contribution >= 4 is 32.5 Å². The van der Waals surface area contributed by atoms with E-state index < -0.39 is 12.7 Å². The zero-order valence-corrected chi connectivity index (χ0v) is 11.4. The first-order chi connectivity index (χ1) is 9.01. The highest BCUT2D eigenvalue weighted by atomic mass is 79.9. The van der Waals surface area contributed by atoms with Gasteiger partial charge in [-0.2, -0.15) is 23.4 Å². The molecule has 0 aliphatic carbocycles. The zero-order chi connectivity index (χ0) is 13.9. The molecule has 102 valence electrons. The molecule has 1 aromatic heterocycles. The average molecular weight is 334 g/mol. The Bertz CT molecular complexity index is 554. The summed E-state index contributed by atoms with van der Waals surface area (Å²) in [4.78, 5) is 1.26. The van der Waals surface area contributed by atoms with Crippen molar-refractivity contribution in [3.8, 4) is 0 Å². The van der Waals surface area contributed by atoms with Crippen molar-refractivity contribution in [3.05, 3.63) is 30.5 Å². The molecule has 2 rings (SSSR count). The predicted molar refractivity (Wildman–Crippen MR) is 71.6 cm³/mol. The van der Waals surface area contributed by atoms with E-state index in [1.54, 1.807) is 24.3 Å². The van der Waals surface area contributed by atoms with Crippen LogP contribution < -0.4 is 4.90 Å². The van der Waals surface area contributed by atoms with Crippen LogP contribution in [0.1, 0.15) is 0 Å². The van der Waals surface area contributed by atoms with Crippen LogP contribution in [0.4, 0.5) is 18.9 Å². The fraction of sp³-hybridized carbons (Fsp3) is 0.333. The molecule has 0 spiro atoms. The molecule has 3 nitrogen and oxygen atoms in total. The van der Waals surface area contributed by atoms with Crippen LogP contribution in [0, 0.1) is 0 Å².